The Morgan fingerprint density at radius 3 is 2.36 bits per heavy atom. The average molecular weight is 398 g/mol. The highest BCUT2D eigenvalue weighted by molar-refractivity contribution is 7.89. The Hall–Kier alpha value is -2.58. The Morgan fingerprint density at radius 1 is 1.07 bits per heavy atom. The van der Waals surface area contributed by atoms with E-state index in [1.165, 1.54) is 10.2 Å². The van der Waals surface area contributed by atoms with E-state index >= 15 is 0 Å². The van der Waals surface area contributed by atoms with Crippen LogP contribution in [0, 0.1) is 13.8 Å². The minimum atomic E-state index is -3.58. The maximum Gasteiger partial charge on any atom is 0.244 e. The molecule has 1 aromatic carbocycles. The minimum Gasteiger partial charge on any atom is -0.216 e. The molecule has 1 aliphatic rings. The summed E-state index contributed by atoms with van der Waals surface area (Å²) in [4.78, 5) is 0.223. The van der Waals surface area contributed by atoms with Gasteiger partial charge in [0.15, 0.2) is 5.82 Å². The van der Waals surface area contributed by atoms with E-state index in [1.54, 1.807) is 19.9 Å². The molecule has 1 fully saturated rings. The van der Waals surface area contributed by atoms with E-state index in [4.69, 9.17) is 0 Å². The van der Waals surface area contributed by atoms with Crippen LogP contribution in [0.3, 0.4) is 0 Å². The van der Waals surface area contributed by atoms with E-state index in [1.807, 2.05) is 18.2 Å². The van der Waals surface area contributed by atoms with Gasteiger partial charge in [0.1, 0.15) is 4.90 Å². The maximum atomic E-state index is 12.7. The zero-order valence-electron chi connectivity index (χ0n) is 16.2. The van der Waals surface area contributed by atoms with Crippen LogP contribution < -0.4 is 4.72 Å². The summed E-state index contributed by atoms with van der Waals surface area (Å²) in [5.74, 6) is 0.488. The van der Waals surface area contributed by atoms with E-state index in [2.05, 4.69) is 39.1 Å². The highest BCUT2D eigenvalue weighted by atomic mass is 32.2. The van der Waals surface area contributed by atoms with Crippen LogP contribution >= 0.6 is 0 Å². The fourth-order valence-corrected chi connectivity index (χ4v) is 4.92. The molecular weight excluding hydrogens is 374 g/mol. The van der Waals surface area contributed by atoms with Crippen LogP contribution in [-0.4, -0.2) is 34.4 Å². The second-order valence-corrected chi connectivity index (χ2v) is 8.79. The lowest BCUT2D eigenvalue weighted by Crippen LogP contribution is -2.26. The quantitative estimate of drug-likeness (QED) is 0.691. The lowest BCUT2D eigenvalue weighted by molar-refractivity contribution is 0.579. The van der Waals surface area contributed by atoms with E-state index < -0.39 is 10.0 Å². The molecule has 0 unspecified atom stereocenters. The van der Waals surface area contributed by atoms with Gasteiger partial charge in [0.05, 0.1) is 17.1 Å². The number of hydrogen-bond acceptors (Lipinski definition) is 5. The van der Waals surface area contributed by atoms with Gasteiger partial charge in [-0.05, 0) is 50.8 Å². The van der Waals surface area contributed by atoms with Crippen molar-refractivity contribution < 1.29 is 8.42 Å². The molecule has 1 N–H and O–H groups in total. The first-order valence-electron chi connectivity index (χ1n) is 9.41. The summed E-state index contributed by atoms with van der Waals surface area (Å²) in [7, 11) is -3.58. The number of aryl methyl sites for hydroxylation is 2. The van der Waals surface area contributed by atoms with Crippen molar-refractivity contribution in [1.82, 2.24) is 24.7 Å². The van der Waals surface area contributed by atoms with Gasteiger partial charge >= 0.3 is 0 Å². The Morgan fingerprint density at radius 2 is 1.79 bits per heavy atom. The average Bonchev–Trinajstić information content (AvgIpc) is 3.43. The third kappa shape index (κ3) is 3.57. The molecule has 28 heavy (non-hydrogen) atoms. The SMILES string of the molecule is CCc1ccc(-c2ccc(-n3nc(C)c(S(=O)(=O)NC4CC4)c3C)nn2)cc1. The molecule has 3 aromatic rings. The number of aromatic nitrogens is 4. The molecule has 1 aliphatic carbocycles. The lowest BCUT2D eigenvalue weighted by Gasteiger charge is -2.07. The number of nitrogens with one attached hydrogen (secondary N) is 1. The first kappa shape index (κ1) is 18.8. The normalized spacial score (nSPS) is 14.4. The summed E-state index contributed by atoms with van der Waals surface area (Å²) in [5, 5.41) is 13.0. The monoisotopic (exact) mass is 397 g/mol. The number of sulfonamides is 1. The number of rotatable bonds is 6. The zero-order chi connectivity index (χ0) is 19.9. The molecule has 0 saturated heterocycles. The van der Waals surface area contributed by atoms with Crippen LogP contribution in [0.25, 0.3) is 17.1 Å². The van der Waals surface area contributed by atoms with Crippen LogP contribution in [0.5, 0.6) is 0 Å². The molecule has 0 bridgehead atoms. The fourth-order valence-electron chi connectivity index (χ4n) is 3.22. The molecule has 0 radical (unpaired) electrons. The van der Waals surface area contributed by atoms with Crippen molar-refractivity contribution in [3.63, 3.8) is 0 Å². The van der Waals surface area contributed by atoms with E-state index in [0.717, 1.165) is 30.5 Å². The molecule has 4 rings (SSSR count). The lowest BCUT2D eigenvalue weighted by atomic mass is 10.1. The van der Waals surface area contributed by atoms with Gasteiger partial charge in [0.2, 0.25) is 10.0 Å². The number of hydrogen-bond donors (Lipinski definition) is 1. The fraction of sp³-hybridized carbons (Fsp3) is 0.350. The predicted octanol–water partition coefficient (Wildman–Crippen LogP) is 2.95. The van der Waals surface area contributed by atoms with Crippen LogP contribution in [0.1, 0.15) is 36.7 Å². The molecule has 8 heteroatoms. The second-order valence-electron chi connectivity index (χ2n) is 7.13. The molecule has 2 heterocycles. The van der Waals surface area contributed by atoms with E-state index in [0.29, 0.717) is 17.2 Å². The molecule has 0 amide bonds. The Balaban J connectivity index is 1.65. The molecule has 1 saturated carbocycles. The predicted molar refractivity (Wildman–Crippen MR) is 107 cm³/mol. The van der Waals surface area contributed by atoms with Crippen molar-refractivity contribution in [2.45, 2.75) is 51.0 Å². The Kier molecular flexibility index (Phi) is 4.76. The molecule has 146 valence electrons. The van der Waals surface area contributed by atoms with Crippen molar-refractivity contribution in [2.75, 3.05) is 0 Å². The van der Waals surface area contributed by atoms with Gasteiger partial charge in [-0.2, -0.15) is 5.10 Å². The van der Waals surface area contributed by atoms with Crippen LogP contribution in [0.2, 0.25) is 0 Å². The molecule has 7 nitrogen and oxygen atoms in total. The maximum absolute atomic E-state index is 12.7. The van der Waals surface area contributed by atoms with Gasteiger partial charge in [0.25, 0.3) is 0 Å². The van der Waals surface area contributed by atoms with E-state index in [-0.39, 0.29) is 10.9 Å². The second kappa shape index (κ2) is 7.10. The van der Waals surface area contributed by atoms with Crippen LogP contribution in [-0.2, 0) is 16.4 Å². The summed E-state index contributed by atoms with van der Waals surface area (Å²) in [6.45, 7) is 5.55. The molecule has 0 spiro atoms. The van der Waals surface area contributed by atoms with Gasteiger partial charge in [-0.1, -0.05) is 31.2 Å². The van der Waals surface area contributed by atoms with Crippen molar-refractivity contribution in [2.24, 2.45) is 0 Å². The third-order valence-electron chi connectivity index (χ3n) is 4.92. The van der Waals surface area contributed by atoms with Crippen molar-refractivity contribution in [3.05, 3.63) is 53.3 Å². The Bertz CT molecular complexity index is 1100. The van der Waals surface area contributed by atoms with Crippen molar-refractivity contribution >= 4 is 10.0 Å². The summed E-state index contributed by atoms with van der Waals surface area (Å²) in [6.07, 6.45) is 2.76. The number of benzene rings is 1. The van der Waals surface area contributed by atoms with Crippen LogP contribution in [0.15, 0.2) is 41.3 Å². The molecule has 0 aliphatic heterocycles. The minimum absolute atomic E-state index is 0.0466. The summed E-state index contributed by atoms with van der Waals surface area (Å²) in [6, 6.07) is 11.9. The number of nitrogens with zero attached hydrogens (tertiary/aromatic N) is 4. The highest BCUT2D eigenvalue weighted by Gasteiger charge is 2.32. The standard InChI is InChI=1S/C20H23N5O2S/c1-4-15-5-7-16(8-6-15)18-11-12-19(22-21-18)25-14(3)20(13(2)23-25)28(26,27)24-17-9-10-17/h5-8,11-12,17,24H,4,9-10H2,1-3H3. The van der Waals surface area contributed by atoms with E-state index in [9.17, 15) is 8.42 Å². The largest absolute Gasteiger partial charge is 0.244 e. The molecule has 0 atom stereocenters. The zero-order valence-corrected chi connectivity index (χ0v) is 17.0. The van der Waals surface area contributed by atoms with Gasteiger partial charge < -0.3 is 0 Å². The first-order valence-corrected chi connectivity index (χ1v) is 10.9. The van der Waals surface area contributed by atoms with Crippen molar-refractivity contribution in [1.29, 1.82) is 0 Å². The topological polar surface area (TPSA) is 89.8 Å². The van der Waals surface area contributed by atoms with Gasteiger partial charge in [-0.3, -0.25) is 0 Å². The van der Waals surface area contributed by atoms with Gasteiger partial charge in [0, 0.05) is 11.6 Å². The van der Waals surface area contributed by atoms with Gasteiger partial charge in [-0.25, -0.2) is 17.8 Å². The summed E-state index contributed by atoms with van der Waals surface area (Å²) < 4.78 is 29.6. The molecular formula is C20H23N5O2S. The summed E-state index contributed by atoms with van der Waals surface area (Å²) in [5.41, 5.74) is 3.99. The third-order valence-corrected chi connectivity index (χ3v) is 6.69. The first-order chi connectivity index (χ1) is 13.4. The van der Waals surface area contributed by atoms with Gasteiger partial charge in [-0.15, -0.1) is 10.2 Å². The Labute approximate surface area is 164 Å². The van der Waals surface area contributed by atoms with Crippen LogP contribution in [0.4, 0.5) is 0 Å². The molecule has 2 aromatic heterocycles. The summed E-state index contributed by atoms with van der Waals surface area (Å²) >= 11 is 0. The highest BCUT2D eigenvalue weighted by Crippen LogP contribution is 2.26. The smallest absolute Gasteiger partial charge is 0.216 e. The van der Waals surface area contributed by atoms with Crippen molar-refractivity contribution in [3.8, 4) is 17.1 Å².